The third kappa shape index (κ3) is 1.04. The molecule has 5 nitrogen and oxygen atoms in total. The summed E-state index contributed by atoms with van der Waals surface area (Å²) in [6.45, 7) is 3.95. The lowest BCUT2D eigenvalue weighted by atomic mass is 10.4. The molecule has 2 N–H and O–H groups in total. The minimum Gasteiger partial charge on any atom is -0.382 e. The number of nitrogens with two attached hydrogens (primary N) is 1. The van der Waals surface area contributed by atoms with E-state index in [0.717, 1.165) is 23.5 Å². The van der Waals surface area contributed by atoms with Crippen molar-refractivity contribution in [1.29, 1.82) is 0 Å². The van der Waals surface area contributed by atoms with E-state index in [-0.39, 0.29) is 0 Å². The van der Waals surface area contributed by atoms with Crippen LogP contribution in [0.25, 0.3) is 5.52 Å². The molecule has 0 saturated carbocycles. The number of anilines is 1. The fourth-order valence-corrected chi connectivity index (χ4v) is 1.42. The third-order valence-corrected chi connectivity index (χ3v) is 2.02. The van der Waals surface area contributed by atoms with Gasteiger partial charge in [0, 0.05) is 6.42 Å². The van der Waals surface area contributed by atoms with Gasteiger partial charge in [-0.05, 0) is 6.92 Å². The van der Waals surface area contributed by atoms with Crippen LogP contribution in [0.15, 0.2) is 6.33 Å². The summed E-state index contributed by atoms with van der Waals surface area (Å²) in [6, 6.07) is 0. The van der Waals surface area contributed by atoms with Crippen molar-refractivity contribution >= 4 is 11.3 Å². The molecule has 2 rings (SSSR count). The zero-order valence-corrected chi connectivity index (χ0v) is 7.65. The number of aromatic nitrogens is 4. The standard InChI is InChI=1S/C8H11N5/c1-3-6-12-5(2)7-8(9)10-4-11-13(6)7/h4H,3H2,1-2H3,(H2,9,10,11). The van der Waals surface area contributed by atoms with Gasteiger partial charge < -0.3 is 5.73 Å². The SMILES string of the molecule is CCc1nc(C)c2c(N)ncnn12. The molecule has 0 bridgehead atoms. The van der Waals surface area contributed by atoms with E-state index < -0.39 is 0 Å². The lowest BCUT2D eigenvalue weighted by Gasteiger charge is -1.97. The summed E-state index contributed by atoms with van der Waals surface area (Å²) in [5.41, 5.74) is 7.42. The van der Waals surface area contributed by atoms with Crippen molar-refractivity contribution in [3.63, 3.8) is 0 Å². The van der Waals surface area contributed by atoms with Gasteiger partial charge in [0.2, 0.25) is 0 Å². The molecule has 0 aliphatic rings. The lowest BCUT2D eigenvalue weighted by Crippen LogP contribution is -2.01. The van der Waals surface area contributed by atoms with Crippen LogP contribution < -0.4 is 5.73 Å². The fourth-order valence-electron chi connectivity index (χ4n) is 1.42. The summed E-state index contributed by atoms with van der Waals surface area (Å²) in [4.78, 5) is 8.27. The summed E-state index contributed by atoms with van der Waals surface area (Å²) in [6.07, 6.45) is 2.29. The van der Waals surface area contributed by atoms with Gasteiger partial charge in [-0.15, -0.1) is 0 Å². The molecule has 0 amide bonds. The fraction of sp³-hybridized carbons (Fsp3) is 0.375. The van der Waals surface area contributed by atoms with E-state index in [1.807, 2.05) is 13.8 Å². The summed E-state index contributed by atoms with van der Waals surface area (Å²) < 4.78 is 1.75. The van der Waals surface area contributed by atoms with Gasteiger partial charge in [-0.1, -0.05) is 6.92 Å². The maximum absolute atomic E-state index is 5.71. The molecule has 0 saturated heterocycles. The van der Waals surface area contributed by atoms with Crippen molar-refractivity contribution in [2.45, 2.75) is 20.3 Å². The quantitative estimate of drug-likeness (QED) is 0.691. The molecule has 0 aliphatic carbocycles. The largest absolute Gasteiger partial charge is 0.382 e. The van der Waals surface area contributed by atoms with Gasteiger partial charge in [0.05, 0.1) is 5.69 Å². The minimum absolute atomic E-state index is 0.486. The molecule has 0 radical (unpaired) electrons. The van der Waals surface area contributed by atoms with Crippen LogP contribution in [0, 0.1) is 6.92 Å². The average molecular weight is 177 g/mol. The summed E-state index contributed by atoms with van der Waals surface area (Å²) in [7, 11) is 0. The minimum atomic E-state index is 0.486. The van der Waals surface area contributed by atoms with Gasteiger partial charge in [-0.25, -0.2) is 14.5 Å². The zero-order chi connectivity index (χ0) is 9.42. The van der Waals surface area contributed by atoms with Gasteiger partial charge in [0.1, 0.15) is 17.7 Å². The molecule has 5 heteroatoms. The second-order valence-electron chi connectivity index (χ2n) is 2.87. The van der Waals surface area contributed by atoms with Crippen LogP contribution in [0.1, 0.15) is 18.4 Å². The maximum Gasteiger partial charge on any atom is 0.153 e. The number of rotatable bonds is 1. The van der Waals surface area contributed by atoms with Crippen molar-refractivity contribution < 1.29 is 0 Å². The van der Waals surface area contributed by atoms with Gasteiger partial charge in [0.25, 0.3) is 0 Å². The summed E-state index contributed by atoms with van der Waals surface area (Å²) in [5.74, 6) is 1.40. The molecule has 0 aliphatic heterocycles. The van der Waals surface area contributed by atoms with E-state index in [4.69, 9.17) is 5.73 Å². The van der Waals surface area contributed by atoms with Crippen molar-refractivity contribution in [3.8, 4) is 0 Å². The Morgan fingerprint density at radius 3 is 3.00 bits per heavy atom. The first kappa shape index (κ1) is 7.97. The molecule has 0 aromatic carbocycles. The summed E-state index contributed by atoms with van der Waals surface area (Å²) in [5, 5.41) is 4.10. The Bertz CT molecular complexity index is 445. The van der Waals surface area contributed by atoms with E-state index in [1.165, 1.54) is 6.33 Å². The number of nitrogens with zero attached hydrogens (tertiary/aromatic N) is 4. The Morgan fingerprint density at radius 2 is 2.31 bits per heavy atom. The van der Waals surface area contributed by atoms with Crippen LogP contribution >= 0.6 is 0 Å². The van der Waals surface area contributed by atoms with Crippen molar-refractivity contribution in [2.24, 2.45) is 0 Å². The predicted molar refractivity (Wildman–Crippen MR) is 49.3 cm³/mol. The van der Waals surface area contributed by atoms with Crippen LogP contribution in [0.4, 0.5) is 5.82 Å². The smallest absolute Gasteiger partial charge is 0.153 e. The maximum atomic E-state index is 5.71. The zero-order valence-electron chi connectivity index (χ0n) is 7.65. The number of nitrogen functional groups attached to an aromatic ring is 1. The van der Waals surface area contributed by atoms with Crippen molar-refractivity contribution in [3.05, 3.63) is 17.8 Å². The van der Waals surface area contributed by atoms with Gasteiger partial charge in [0.15, 0.2) is 5.82 Å². The third-order valence-electron chi connectivity index (χ3n) is 2.02. The monoisotopic (exact) mass is 177 g/mol. The van der Waals surface area contributed by atoms with Gasteiger partial charge >= 0.3 is 0 Å². The normalized spacial score (nSPS) is 10.9. The van der Waals surface area contributed by atoms with Gasteiger partial charge in [-0.3, -0.25) is 0 Å². The average Bonchev–Trinajstić information content (AvgIpc) is 2.44. The van der Waals surface area contributed by atoms with Gasteiger partial charge in [-0.2, -0.15) is 5.10 Å². The highest BCUT2D eigenvalue weighted by molar-refractivity contribution is 5.67. The molecule has 13 heavy (non-hydrogen) atoms. The van der Waals surface area contributed by atoms with E-state index in [0.29, 0.717) is 5.82 Å². The van der Waals surface area contributed by atoms with E-state index in [1.54, 1.807) is 4.52 Å². The molecule has 2 heterocycles. The van der Waals surface area contributed by atoms with Crippen LogP contribution in [0.3, 0.4) is 0 Å². The van der Waals surface area contributed by atoms with E-state index in [2.05, 4.69) is 15.1 Å². The highest BCUT2D eigenvalue weighted by Crippen LogP contribution is 2.15. The van der Waals surface area contributed by atoms with Crippen LogP contribution in [-0.4, -0.2) is 19.6 Å². The first-order valence-electron chi connectivity index (χ1n) is 4.18. The Balaban J connectivity index is 2.87. The molecule has 0 spiro atoms. The van der Waals surface area contributed by atoms with Crippen LogP contribution in [0.2, 0.25) is 0 Å². The Labute approximate surface area is 75.6 Å². The van der Waals surface area contributed by atoms with E-state index >= 15 is 0 Å². The highest BCUT2D eigenvalue weighted by Gasteiger charge is 2.09. The number of fused-ring (bicyclic) bond motifs is 1. The van der Waals surface area contributed by atoms with Crippen molar-refractivity contribution in [1.82, 2.24) is 19.6 Å². The van der Waals surface area contributed by atoms with Crippen LogP contribution in [0.5, 0.6) is 0 Å². The number of imidazole rings is 1. The molecule has 0 atom stereocenters. The first-order chi connectivity index (χ1) is 6.24. The molecular formula is C8H11N5. The second-order valence-corrected chi connectivity index (χ2v) is 2.87. The molecule has 68 valence electrons. The van der Waals surface area contributed by atoms with Crippen molar-refractivity contribution in [2.75, 3.05) is 5.73 Å². The molecule has 2 aromatic rings. The highest BCUT2D eigenvalue weighted by atomic mass is 15.3. The van der Waals surface area contributed by atoms with E-state index in [9.17, 15) is 0 Å². The first-order valence-corrected chi connectivity index (χ1v) is 4.18. The molecule has 0 unspecified atom stereocenters. The number of hydrogen-bond donors (Lipinski definition) is 1. The molecular weight excluding hydrogens is 166 g/mol. The summed E-state index contributed by atoms with van der Waals surface area (Å²) >= 11 is 0. The number of aryl methyl sites for hydroxylation is 2. The Kier molecular flexibility index (Phi) is 1.65. The lowest BCUT2D eigenvalue weighted by molar-refractivity contribution is 0.813. The topological polar surface area (TPSA) is 69.1 Å². The Hall–Kier alpha value is -1.65. The molecule has 0 fully saturated rings. The van der Waals surface area contributed by atoms with Crippen LogP contribution in [-0.2, 0) is 6.42 Å². The second kappa shape index (κ2) is 2.69. The molecule has 2 aromatic heterocycles. The Morgan fingerprint density at radius 1 is 1.54 bits per heavy atom. The number of hydrogen-bond acceptors (Lipinski definition) is 4. The predicted octanol–water partition coefficient (Wildman–Crippen LogP) is 0.577.